The third kappa shape index (κ3) is 5.04. The van der Waals surface area contributed by atoms with Crippen LogP contribution in [0.1, 0.15) is 29.0 Å². The molecule has 0 saturated carbocycles. The van der Waals surface area contributed by atoms with Gasteiger partial charge < -0.3 is 18.7 Å². The van der Waals surface area contributed by atoms with E-state index in [2.05, 4.69) is 185 Å². The fourth-order valence-corrected chi connectivity index (χ4v) is 8.82. The van der Waals surface area contributed by atoms with Crippen LogP contribution in [0.25, 0.3) is 82.5 Å². The first kappa shape index (κ1) is 31.9. The van der Waals surface area contributed by atoms with Crippen LogP contribution in [0.4, 0.5) is 0 Å². The van der Waals surface area contributed by atoms with Crippen LogP contribution in [-0.4, -0.2) is 10.4 Å². The number of hydrogen-bond donors (Lipinski definition) is 2. The van der Waals surface area contributed by atoms with E-state index in [1.807, 2.05) is 12.1 Å². The van der Waals surface area contributed by atoms with Crippen molar-refractivity contribution < 1.29 is 8.83 Å². The van der Waals surface area contributed by atoms with Crippen molar-refractivity contribution in [2.75, 3.05) is 0 Å². The minimum Gasteiger partial charge on any atom is -0.455 e. The molecule has 0 amide bonds. The summed E-state index contributed by atoms with van der Waals surface area (Å²) in [6, 6.07) is 63.7. The molecule has 6 heteroatoms. The molecule has 2 N–H and O–H groups in total. The molecule has 2 unspecified atom stereocenters. The molecule has 4 heterocycles. The summed E-state index contributed by atoms with van der Waals surface area (Å²) in [5, 5.41) is 14.1. The summed E-state index contributed by atoms with van der Waals surface area (Å²) >= 11 is 0. The number of amidine groups is 1. The van der Waals surface area contributed by atoms with E-state index in [1.54, 1.807) is 0 Å². The minimum absolute atomic E-state index is 0.141. The van der Waals surface area contributed by atoms with E-state index < -0.39 is 0 Å². The Morgan fingerprint density at radius 2 is 1.07 bits per heavy atom. The third-order valence-electron chi connectivity index (χ3n) is 11.5. The fraction of sp³-hybridized carbons (Fsp3) is 0.0392. The molecular formula is C51H34N4O2. The number of hydrogen-bond acceptors (Lipinski definition) is 5. The molecule has 0 spiro atoms. The standard InChI is InChI=1S/C51H34N4O2/c1-3-13-31(14-4-1)49-52-50(32-15-5-2-6-16-32)54-51(53-49)41-22-12-21-40-42-29-33(25-28-45(42)56-48(40)41)35-19-11-20-39-38-27-26-34(30-46(38)57-47(35)39)55-43-23-9-7-17-36(43)37-18-8-10-24-44(37)55/h1-30,49-50,52H,(H,53,54). The van der Waals surface area contributed by atoms with Crippen molar-refractivity contribution in [3.05, 3.63) is 199 Å². The normalized spacial score (nSPS) is 15.9. The predicted molar refractivity (Wildman–Crippen MR) is 232 cm³/mol. The van der Waals surface area contributed by atoms with Gasteiger partial charge in [0.05, 0.1) is 16.6 Å². The molecule has 0 radical (unpaired) electrons. The third-order valence-corrected chi connectivity index (χ3v) is 11.5. The lowest BCUT2D eigenvalue weighted by Crippen LogP contribution is -2.45. The summed E-state index contributed by atoms with van der Waals surface area (Å²) in [4.78, 5) is 5.21. The Kier molecular flexibility index (Phi) is 7.03. The Balaban J connectivity index is 0.967. The summed E-state index contributed by atoms with van der Waals surface area (Å²) in [5.74, 6) is 0.786. The number of benzene rings is 8. The van der Waals surface area contributed by atoms with Crippen molar-refractivity contribution in [3.63, 3.8) is 0 Å². The van der Waals surface area contributed by atoms with Crippen molar-refractivity contribution >= 4 is 71.5 Å². The number of furan rings is 2. The maximum Gasteiger partial charge on any atom is 0.146 e. The Hall–Kier alpha value is -7.41. The number of aliphatic imine (C=N–C) groups is 1. The van der Waals surface area contributed by atoms with Crippen LogP contribution in [-0.2, 0) is 0 Å². The molecule has 8 aromatic carbocycles. The molecule has 3 aromatic heterocycles. The minimum atomic E-state index is -0.235. The summed E-state index contributed by atoms with van der Waals surface area (Å²) < 4.78 is 15.8. The second kappa shape index (κ2) is 12.6. The van der Waals surface area contributed by atoms with Crippen molar-refractivity contribution in [1.82, 2.24) is 15.2 Å². The van der Waals surface area contributed by atoms with Crippen molar-refractivity contribution in [2.45, 2.75) is 12.3 Å². The van der Waals surface area contributed by atoms with E-state index in [0.29, 0.717) is 0 Å². The number of fused-ring (bicyclic) bond motifs is 9. The number of rotatable bonds is 5. The summed E-state index contributed by atoms with van der Waals surface area (Å²) in [5.41, 5.74) is 12.0. The second-order valence-electron chi connectivity index (χ2n) is 14.8. The van der Waals surface area contributed by atoms with E-state index in [-0.39, 0.29) is 12.3 Å². The largest absolute Gasteiger partial charge is 0.455 e. The van der Waals surface area contributed by atoms with Gasteiger partial charge in [-0.15, -0.1) is 0 Å². The Labute approximate surface area is 327 Å². The van der Waals surface area contributed by atoms with E-state index in [0.717, 1.165) is 83.2 Å². The molecule has 1 aliphatic rings. The zero-order chi connectivity index (χ0) is 37.5. The van der Waals surface area contributed by atoms with Gasteiger partial charge >= 0.3 is 0 Å². The van der Waals surface area contributed by atoms with E-state index in [4.69, 9.17) is 13.8 Å². The molecule has 1 aliphatic heterocycles. The molecule has 0 saturated heterocycles. The van der Waals surface area contributed by atoms with Crippen LogP contribution in [0.15, 0.2) is 196 Å². The Bertz CT molecular complexity index is 3320. The molecule has 57 heavy (non-hydrogen) atoms. The van der Waals surface area contributed by atoms with Crippen LogP contribution in [0.3, 0.4) is 0 Å². The van der Waals surface area contributed by atoms with E-state index >= 15 is 0 Å². The van der Waals surface area contributed by atoms with Gasteiger partial charge in [0.1, 0.15) is 40.5 Å². The van der Waals surface area contributed by atoms with Crippen LogP contribution in [0, 0.1) is 0 Å². The molecule has 270 valence electrons. The summed E-state index contributed by atoms with van der Waals surface area (Å²) in [6.45, 7) is 0. The number of para-hydroxylation sites is 4. The number of nitrogens with zero attached hydrogens (tertiary/aromatic N) is 2. The van der Waals surface area contributed by atoms with Crippen LogP contribution in [0.2, 0.25) is 0 Å². The van der Waals surface area contributed by atoms with Gasteiger partial charge in [-0.25, -0.2) is 4.99 Å². The first-order valence-corrected chi connectivity index (χ1v) is 19.4. The fourth-order valence-electron chi connectivity index (χ4n) is 8.82. The van der Waals surface area contributed by atoms with Crippen molar-refractivity contribution in [1.29, 1.82) is 0 Å². The lowest BCUT2D eigenvalue weighted by atomic mass is 9.99. The molecule has 0 bridgehead atoms. The monoisotopic (exact) mass is 734 g/mol. The Morgan fingerprint density at radius 1 is 0.456 bits per heavy atom. The molecular weight excluding hydrogens is 701 g/mol. The van der Waals surface area contributed by atoms with Gasteiger partial charge in [-0.3, -0.25) is 5.32 Å². The van der Waals surface area contributed by atoms with Gasteiger partial charge in [-0.05, 0) is 59.2 Å². The molecule has 2 atom stereocenters. The highest BCUT2D eigenvalue weighted by atomic mass is 16.3. The van der Waals surface area contributed by atoms with Crippen LogP contribution < -0.4 is 10.6 Å². The van der Waals surface area contributed by atoms with Gasteiger partial charge in [0.15, 0.2) is 0 Å². The lowest BCUT2D eigenvalue weighted by molar-refractivity contribution is 0.409. The SMILES string of the molecule is c1ccc(C2N=C(c3cccc4c3oc3ccc(-c5cccc6c5oc5cc(-n7c8ccccc8c8ccccc87)ccc56)cc34)NC(c3ccccc3)N2)cc1. The Morgan fingerprint density at radius 3 is 1.82 bits per heavy atom. The maximum absolute atomic E-state index is 6.81. The quantitative estimate of drug-likeness (QED) is 0.185. The van der Waals surface area contributed by atoms with Gasteiger partial charge in [-0.1, -0.05) is 133 Å². The smallest absolute Gasteiger partial charge is 0.146 e. The zero-order valence-corrected chi connectivity index (χ0v) is 30.7. The van der Waals surface area contributed by atoms with Crippen LogP contribution >= 0.6 is 0 Å². The molecule has 11 aromatic rings. The van der Waals surface area contributed by atoms with Crippen LogP contribution in [0.5, 0.6) is 0 Å². The van der Waals surface area contributed by atoms with Gasteiger partial charge in [0.25, 0.3) is 0 Å². The first-order valence-electron chi connectivity index (χ1n) is 19.4. The summed E-state index contributed by atoms with van der Waals surface area (Å²) in [7, 11) is 0. The predicted octanol–water partition coefficient (Wildman–Crippen LogP) is 12.6. The highest BCUT2D eigenvalue weighted by molar-refractivity contribution is 6.16. The van der Waals surface area contributed by atoms with Gasteiger partial charge in [-0.2, -0.15) is 0 Å². The highest BCUT2D eigenvalue weighted by Crippen LogP contribution is 2.41. The van der Waals surface area contributed by atoms with E-state index in [9.17, 15) is 0 Å². The first-order chi connectivity index (χ1) is 28.2. The molecule has 12 rings (SSSR count). The maximum atomic E-state index is 6.81. The van der Waals surface area contributed by atoms with E-state index in [1.165, 1.54) is 21.8 Å². The summed E-state index contributed by atoms with van der Waals surface area (Å²) in [6.07, 6.45) is -0.376. The van der Waals surface area contributed by atoms with Gasteiger partial charge in [0.2, 0.25) is 0 Å². The van der Waals surface area contributed by atoms with Crippen molar-refractivity contribution in [2.24, 2.45) is 4.99 Å². The lowest BCUT2D eigenvalue weighted by Gasteiger charge is -2.32. The zero-order valence-electron chi connectivity index (χ0n) is 30.7. The number of aromatic nitrogens is 1. The average Bonchev–Trinajstić information content (AvgIpc) is 3.96. The molecule has 0 aliphatic carbocycles. The van der Waals surface area contributed by atoms with Gasteiger partial charge in [0, 0.05) is 49.6 Å². The number of nitrogens with one attached hydrogen (secondary N) is 2. The molecule has 0 fully saturated rings. The average molecular weight is 735 g/mol. The molecule has 6 nitrogen and oxygen atoms in total. The topological polar surface area (TPSA) is 67.6 Å². The second-order valence-corrected chi connectivity index (χ2v) is 14.8. The highest BCUT2D eigenvalue weighted by Gasteiger charge is 2.27. The van der Waals surface area contributed by atoms with Crippen molar-refractivity contribution in [3.8, 4) is 16.8 Å².